The van der Waals surface area contributed by atoms with Crippen LogP contribution in [-0.2, 0) is 6.42 Å². The van der Waals surface area contributed by atoms with Crippen LogP contribution in [0.25, 0.3) is 0 Å². The Hall–Kier alpha value is -1.02. The normalized spacial score (nSPS) is 26.4. The van der Waals surface area contributed by atoms with E-state index in [9.17, 15) is 5.11 Å². The van der Waals surface area contributed by atoms with Crippen LogP contribution >= 0.6 is 0 Å². The molecule has 2 nitrogen and oxygen atoms in total. The van der Waals surface area contributed by atoms with Gasteiger partial charge >= 0.3 is 0 Å². The lowest BCUT2D eigenvalue weighted by Crippen LogP contribution is -2.39. The number of hydrogen-bond donors (Lipinski definition) is 1. The number of hydrogen-bond acceptors (Lipinski definition) is 2. The van der Waals surface area contributed by atoms with Gasteiger partial charge in [-0.05, 0) is 36.8 Å². The highest BCUT2D eigenvalue weighted by atomic mass is 16.5. The van der Waals surface area contributed by atoms with Gasteiger partial charge in [0.25, 0.3) is 0 Å². The van der Waals surface area contributed by atoms with Gasteiger partial charge in [0, 0.05) is 5.92 Å². The van der Waals surface area contributed by atoms with Crippen molar-refractivity contribution in [1.82, 2.24) is 0 Å². The Kier molecular flexibility index (Phi) is 2.60. The minimum atomic E-state index is -0.165. The van der Waals surface area contributed by atoms with Crippen molar-refractivity contribution in [2.24, 2.45) is 11.8 Å². The first-order valence-electron chi connectivity index (χ1n) is 6.23. The molecule has 1 aliphatic heterocycles. The molecule has 1 aromatic rings. The molecule has 1 aromatic carbocycles. The van der Waals surface area contributed by atoms with Crippen molar-refractivity contribution in [3.8, 4) is 5.75 Å². The number of rotatable bonds is 2. The Morgan fingerprint density at radius 1 is 1.19 bits per heavy atom. The summed E-state index contributed by atoms with van der Waals surface area (Å²) in [4.78, 5) is 0. The molecule has 1 aliphatic carbocycles. The molecule has 2 heteroatoms. The van der Waals surface area contributed by atoms with Crippen molar-refractivity contribution in [3.63, 3.8) is 0 Å². The van der Waals surface area contributed by atoms with Crippen LogP contribution in [0.5, 0.6) is 5.75 Å². The zero-order chi connectivity index (χ0) is 11.0. The molecule has 1 heterocycles. The highest BCUT2D eigenvalue weighted by Gasteiger charge is 2.34. The van der Waals surface area contributed by atoms with E-state index in [0.717, 1.165) is 12.2 Å². The fourth-order valence-electron chi connectivity index (χ4n) is 2.74. The molecular weight excluding hydrogens is 200 g/mol. The minimum absolute atomic E-state index is 0.165. The fraction of sp³-hybridized carbons (Fsp3) is 0.571. The second-order valence-electron chi connectivity index (χ2n) is 5.06. The molecule has 0 spiro atoms. The Morgan fingerprint density at radius 2 is 2.00 bits per heavy atom. The number of benzene rings is 1. The van der Waals surface area contributed by atoms with Gasteiger partial charge in [0.15, 0.2) is 0 Å². The van der Waals surface area contributed by atoms with Gasteiger partial charge in [-0.3, -0.25) is 0 Å². The fourth-order valence-corrected chi connectivity index (χ4v) is 2.74. The van der Waals surface area contributed by atoms with Crippen LogP contribution < -0.4 is 4.74 Å². The largest absolute Gasteiger partial charge is 0.493 e. The van der Waals surface area contributed by atoms with Crippen LogP contribution in [0, 0.1) is 11.8 Å². The quantitative estimate of drug-likeness (QED) is 0.826. The zero-order valence-corrected chi connectivity index (χ0v) is 9.43. The predicted molar refractivity (Wildman–Crippen MR) is 62.5 cm³/mol. The number of ether oxygens (including phenoxy) is 1. The number of para-hydroxylation sites is 1. The SMILES string of the molecule is OC(C1CCC1)C1COc2ccccc2C1. The molecule has 0 amide bonds. The molecule has 3 rings (SSSR count). The smallest absolute Gasteiger partial charge is 0.122 e. The molecule has 2 unspecified atom stereocenters. The summed E-state index contributed by atoms with van der Waals surface area (Å²) in [6.45, 7) is 0.675. The maximum atomic E-state index is 10.2. The third kappa shape index (κ3) is 1.71. The van der Waals surface area contributed by atoms with Gasteiger partial charge < -0.3 is 9.84 Å². The summed E-state index contributed by atoms with van der Waals surface area (Å²) >= 11 is 0. The first-order chi connectivity index (χ1) is 7.84. The summed E-state index contributed by atoms with van der Waals surface area (Å²) in [5.74, 6) is 1.82. The van der Waals surface area contributed by atoms with Crippen molar-refractivity contribution in [3.05, 3.63) is 29.8 Å². The lowest BCUT2D eigenvalue weighted by Gasteiger charge is -2.37. The van der Waals surface area contributed by atoms with E-state index in [4.69, 9.17) is 4.74 Å². The van der Waals surface area contributed by atoms with Gasteiger partial charge in [0.05, 0.1) is 12.7 Å². The van der Waals surface area contributed by atoms with E-state index < -0.39 is 0 Å². The first-order valence-corrected chi connectivity index (χ1v) is 6.23. The van der Waals surface area contributed by atoms with Gasteiger partial charge in [-0.15, -0.1) is 0 Å². The Bertz CT molecular complexity index is 371. The summed E-state index contributed by atoms with van der Waals surface area (Å²) in [7, 11) is 0. The second-order valence-corrected chi connectivity index (χ2v) is 5.06. The van der Waals surface area contributed by atoms with E-state index in [1.54, 1.807) is 0 Å². The molecule has 1 N–H and O–H groups in total. The third-order valence-corrected chi connectivity index (χ3v) is 4.02. The number of aliphatic hydroxyl groups is 1. The minimum Gasteiger partial charge on any atom is -0.493 e. The van der Waals surface area contributed by atoms with Crippen molar-refractivity contribution in [2.45, 2.75) is 31.8 Å². The molecule has 86 valence electrons. The van der Waals surface area contributed by atoms with E-state index >= 15 is 0 Å². The Morgan fingerprint density at radius 3 is 2.75 bits per heavy atom. The third-order valence-electron chi connectivity index (χ3n) is 4.02. The van der Waals surface area contributed by atoms with Crippen LogP contribution in [-0.4, -0.2) is 17.8 Å². The molecule has 0 saturated heterocycles. The van der Waals surface area contributed by atoms with Crippen LogP contribution in [0.2, 0.25) is 0 Å². The van der Waals surface area contributed by atoms with Crippen LogP contribution in [0.3, 0.4) is 0 Å². The van der Waals surface area contributed by atoms with Gasteiger partial charge in [-0.1, -0.05) is 24.6 Å². The predicted octanol–water partition coefficient (Wildman–Crippen LogP) is 2.40. The Balaban J connectivity index is 1.72. The highest BCUT2D eigenvalue weighted by Crippen LogP contribution is 2.36. The van der Waals surface area contributed by atoms with Crippen molar-refractivity contribution in [1.29, 1.82) is 0 Å². The lowest BCUT2D eigenvalue weighted by atomic mass is 9.75. The topological polar surface area (TPSA) is 29.5 Å². The van der Waals surface area contributed by atoms with Crippen LogP contribution in [0.4, 0.5) is 0 Å². The molecule has 0 aromatic heterocycles. The maximum absolute atomic E-state index is 10.2. The van der Waals surface area contributed by atoms with Gasteiger partial charge in [-0.2, -0.15) is 0 Å². The molecule has 2 atom stereocenters. The second kappa shape index (κ2) is 4.10. The van der Waals surface area contributed by atoms with E-state index in [2.05, 4.69) is 6.07 Å². The lowest BCUT2D eigenvalue weighted by molar-refractivity contribution is -0.00711. The van der Waals surface area contributed by atoms with Crippen LogP contribution in [0.15, 0.2) is 24.3 Å². The van der Waals surface area contributed by atoms with E-state index in [-0.39, 0.29) is 6.10 Å². The average Bonchev–Trinajstić information content (AvgIpc) is 2.26. The summed E-state index contributed by atoms with van der Waals surface area (Å²) in [5.41, 5.74) is 1.25. The van der Waals surface area contributed by atoms with Gasteiger partial charge in [0.1, 0.15) is 5.75 Å². The van der Waals surface area contributed by atoms with Crippen LogP contribution in [0.1, 0.15) is 24.8 Å². The molecule has 16 heavy (non-hydrogen) atoms. The van der Waals surface area contributed by atoms with E-state index in [1.807, 2.05) is 18.2 Å². The summed E-state index contributed by atoms with van der Waals surface area (Å²) in [5, 5.41) is 10.2. The van der Waals surface area contributed by atoms with E-state index in [0.29, 0.717) is 18.4 Å². The standard InChI is InChI=1S/C14H18O2/c15-14(10-5-3-6-10)12-8-11-4-1-2-7-13(11)16-9-12/h1-2,4,7,10,12,14-15H,3,5-6,8-9H2. The average molecular weight is 218 g/mol. The molecular formula is C14H18O2. The Labute approximate surface area is 96.2 Å². The zero-order valence-electron chi connectivity index (χ0n) is 9.43. The summed E-state index contributed by atoms with van der Waals surface area (Å²) in [6, 6.07) is 8.16. The van der Waals surface area contributed by atoms with E-state index in [1.165, 1.54) is 24.8 Å². The molecule has 1 fully saturated rings. The number of aliphatic hydroxyl groups excluding tert-OH is 1. The summed E-state index contributed by atoms with van der Waals surface area (Å²) in [6.07, 6.45) is 4.47. The van der Waals surface area contributed by atoms with Gasteiger partial charge in [0.2, 0.25) is 0 Å². The van der Waals surface area contributed by atoms with Crippen molar-refractivity contribution < 1.29 is 9.84 Å². The monoisotopic (exact) mass is 218 g/mol. The van der Waals surface area contributed by atoms with Gasteiger partial charge in [-0.25, -0.2) is 0 Å². The maximum Gasteiger partial charge on any atom is 0.122 e. The molecule has 2 aliphatic rings. The summed E-state index contributed by atoms with van der Waals surface area (Å²) < 4.78 is 5.72. The first kappa shape index (κ1) is 10.2. The highest BCUT2D eigenvalue weighted by molar-refractivity contribution is 5.35. The molecule has 1 saturated carbocycles. The van der Waals surface area contributed by atoms with Crippen molar-refractivity contribution >= 4 is 0 Å². The van der Waals surface area contributed by atoms with Crippen molar-refractivity contribution in [2.75, 3.05) is 6.61 Å². The molecule has 0 bridgehead atoms. The number of fused-ring (bicyclic) bond motifs is 1. The molecule has 0 radical (unpaired) electrons.